The Morgan fingerprint density at radius 3 is 1.81 bits per heavy atom. The molecule has 0 fully saturated rings. The average Bonchev–Trinajstić information content (AvgIpc) is 2.70. The van der Waals surface area contributed by atoms with Crippen molar-refractivity contribution in [1.29, 1.82) is 0 Å². The van der Waals surface area contributed by atoms with Gasteiger partial charge in [0, 0.05) is 28.8 Å². The fourth-order valence-corrected chi connectivity index (χ4v) is 2.49. The van der Waals surface area contributed by atoms with Crippen molar-refractivity contribution in [1.82, 2.24) is 4.98 Å². The minimum atomic E-state index is 0. The van der Waals surface area contributed by atoms with E-state index in [0.29, 0.717) is 11.4 Å². The van der Waals surface area contributed by atoms with Crippen molar-refractivity contribution in [2.75, 3.05) is 7.11 Å². The first-order valence-electron chi connectivity index (χ1n) is 8.01. The van der Waals surface area contributed by atoms with Gasteiger partial charge in [-0.3, -0.25) is 0 Å². The van der Waals surface area contributed by atoms with E-state index >= 15 is 0 Å². The van der Waals surface area contributed by atoms with Crippen LogP contribution in [0.1, 0.15) is 0 Å². The predicted octanol–water partition coefficient (Wildman–Crippen LogP) is 4.92. The Balaban J connectivity index is 0.000000180. The van der Waals surface area contributed by atoms with Crippen molar-refractivity contribution in [3.05, 3.63) is 91.0 Å². The van der Waals surface area contributed by atoms with Crippen molar-refractivity contribution in [2.24, 2.45) is 0 Å². The molecule has 1 heterocycles. The number of hydrogen-bond donors (Lipinski definition) is 1. The Morgan fingerprint density at radius 2 is 1.27 bits per heavy atom. The molecule has 3 nitrogen and oxygen atoms in total. The summed E-state index contributed by atoms with van der Waals surface area (Å²) in [5.74, 6) is 0.686. The number of nitrogens with zero attached hydrogens (tertiary/aromatic N) is 1. The summed E-state index contributed by atoms with van der Waals surface area (Å²) in [7, 11) is 1.55. The first-order valence-corrected chi connectivity index (χ1v) is 8.01. The van der Waals surface area contributed by atoms with Gasteiger partial charge in [0.05, 0.1) is 7.11 Å². The summed E-state index contributed by atoms with van der Waals surface area (Å²) in [5, 5.41) is 10.4. The lowest BCUT2D eigenvalue weighted by Gasteiger charge is -2.02. The summed E-state index contributed by atoms with van der Waals surface area (Å²) in [6.45, 7) is 0. The van der Waals surface area contributed by atoms with Gasteiger partial charge in [0.25, 0.3) is 0 Å². The maximum absolute atomic E-state index is 9.47. The number of fused-ring (bicyclic) bond motifs is 1. The smallest absolute Gasteiger partial charge is 0.213 e. The monoisotopic (exact) mass is 356 g/mol. The number of ether oxygens (including phenoxy) is 1. The summed E-state index contributed by atoms with van der Waals surface area (Å²) in [6, 6.07) is 29.7. The zero-order valence-electron chi connectivity index (χ0n) is 14.5. The van der Waals surface area contributed by atoms with Crippen LogP contribution in [-0.4, -0.2) is 34.6 Å². The molecular weight excluding hydrogens is 337 g/mol. The molecule has 4 heteroatoms. The molecule has 0 saturated carbocycles. The van der Waals surface area contributed by atoms with Crippen molar-refractivity contribution >= 4 is 28.3 Å². The van der Waals surface area contributed by atoms with Crippen LogP contribution in [0.4, 0.5) is 0 Å². The topological polar surface area (TPSA) is 42.4 Å². The minimum absolute atomic E-state index is 0. The van der Waals surface area contributed by atoms with Gasteiger partial charge in [-0.15, -0.1) is 0 Å². The fourth-order valence-electron chi connectivity index (χ4n) is 2.49. The van der Waals surface area contributed by atoms with Gasteiger partial charge in [-0.1, -0.05) is 72.8 Å². The Morgan fingerprint density at radius 1 is 0.692 bits per heavy atom. The third-order valence-corrected chi connectivity index (χ3v) is 3.76. The molecular formula is C22H19AlNO2. The number of benzene rings is 3. The predicted molar refractivity (Wildman–Crippen MR) is 108 cm³/mol. The SMILES string of the molecule is COc1ccc2cccc(O)c2n1.[Al].c1ccc(-c2ccccc2)cc1. The van der Waals surface area contributed by atoms with E-state index in [1.165, 1.54) is 11.1 Å². The highest BCUT2D eigenvalue weighted by molar-refractivity contribution is 5.84. The lowest BCUT2D eigenvalue weighted by molar-refractivity contribution is 0.398. The van der Waals surface area contributed by atoms with E-state index in [1.807, 2.05) is 24.3 Å². The quantitative estimate of drug-likeness (QED) is 0.518. The van der Waals surface area contributed by atoms with Crippen molar-refractivity contribution in [3.63, 3.8) is 0 Å². The number of methoxy groups -OCH3 is 1. The molecule has 1 N–H and O–H groups in total. The Hall–Kier alpha value is -2.80. The van der Waals surface area contributed by atoms with Crippen LogP contribution in [0, 0.1) is 0 Å². The second-order valence-corrected chi connectivity index (χ2v) is 5.43. The van der Waals surface area contributed by atoms with Crippen LogP contribution in [-0.2, 0) is 0 Å². The van der Waals surface area contributed by atoms with Crippen LogP contribution in [0.3, 0.4) is 0 Å². The number of hydrogen-bond acceptors (Lipinski definition) is 3. The Bertz CT molecular complexity index is 906. The summed E-state index contributed by atoms with van der Waals surface area (Å²) >= 11 is 0. The summed E-state index contributed by atoms with van der Waals surface area (Å²) in [4.78, 5) is 4.12. The van der Waals surface area contributed by atoms with Crippen LogP contribution in [0.25, 0.3) is 22.0 Å². The molecule has 0 aliphatic heterocycles. The van der Waals surface area contributed by atoms with Crippen molar-refractivity contribution < 1.29 is 9.84 Å². The van der Waals surface area contributed by atoms with Crippen LogP contribution in [0.15, 0.2) is 91.0 Å². The van der Waals surface area contributed by atoms with E-state index in [9.17, 15) is 5.11 Å². The molecule has 0 amide bonds. The van der Waals surface area contributed by atoms with E-state index in [1.54, 1.807) is 25.3 Å². The molecule has 0 unspecified atom stereocenters. The number of aromatic hydroxyl groups is 1. The zero-order valence-corrected chi connectivity index (χ0v) is 15.7. The van der Waals surface area contributed by atoms with Gasteiger partial charge in [0.2, 0.25) is 5.88 Å². The molecule has 3 aromatic carbocycles. The number of phenolic OH excluding ortho intramolecular Hbond substituents is 1. The highest BCUT2D eigenvalue weighted by Crippen LogP contribution is 2.24. The molecule has 0 spiro atoms. The lowest BCUT2D eigenvalue weighted by Crippen LogP contribution is -1.87. The maximum atomic E-state index is 9.47. The number of rotatable bonds is 2. The molecule has 127 valence electrons. The third kappa shape index (κ3) is 4.86. The average molecular weight is 356 g/mol. The number of phenols is 1. The minimum Gasteiger partial charge on any atom is -0.506 e. The first kappa shape index (κ1) is 19.5. The lowest BCUT2D eigenvalue weighted by atomic mass is 10.1. The summed E-state index contributed by atoms with van der Waals surface area (Å²) < 4.78 is 4.96. The van der Waals surface area contributed by atoms with E-state index < -0.39 is 0 Å². The zero-order chi connectivity index (χ0) is 17.5. The molecule has 4 aromatic rings. The third-order valence-electron chi connectivity index (χ3n) is 3.76. The van der Waals surface area contributed by atoms with Crippen LogP contribution in [0.2, 0.25) is 0 Å². The van der Waals surface area contributed by atoms with Gasteiger partial charge in [-0.25, -0.2) is 4.98 Å². The van der Waals surface area contributed by atoms with Crippen LogP contribution < -0.4 is 4.74 Å². The van der Waals surface area contributed by atoms with Crippen molar-refractivity contribution in [2.45, 2.75) is 0 Å². The summed E-state index contributed by atoms with van der Waals surface area (Å²) in [6.07, 6.45) is 0. The number of para-hydroxylation sites is 1. The number of aromatic nitrogens is 1. The van der Waals surface area contributed by atoms with Gasteiger partial charge in [-0.2, -0.15) is 0 Å². The maximum Gasteiger partial charge on any atom is 0.213 e. The Labute approximate surface area is 164 Å². The number of pyridine rings is 1. The molecule has 3 radical (unpaired) electrons. The molecule has 1 aromatic heterocycles. The van der Waals surface area contributed by atoms with Gasteiger partial charge < -0.3 is 9.84 Å². The van der Waals surface area contributed by atoms with Gasteiger partial charge in [-0.05, 0) is 23.3 Å². The molecule has 4 rings (SSSR count). The van der Waals surface area contributed by atoms with Crippen LogP contribution in [0.5, 0.6) is 11.6 Å². The standard InChI is InChI=1S/C12H10.C10H9NO2.Al/c1-3-7-11(8-4-1)12-9-5-2-6-10-12;1-13-9-6-5-7-3-2-4-8(12)10(7)11-9;/h1-10H;2-6,12H,1H3;. The largest absolute Gasteiger partial charge is 0.506 e. The van der Waals surface area contributed by atoms with Gasteiger partial charge in [0.15, 0.2) is 0 Å². The molecule has 0 aliphatic carbocycles. The van der Waals surface area contributed by atoms with Crippen LogP contribution >= 0.6 is 0 Å². The second kappa shape index (κ2) is 9.62. The van der Waals surface area contributed by atoms with E-state index in [2.05, 4.69) is 53.5 Å². The molecule has 26 heavy (non-hydrogen) atoms. The second-order valence-electron chi connectivity index (χ2n) is 5.43. The first-order chi connectivity index (χ1) is 12.3. The molecule has 0 saturated heterocycles. The molecule has 0 bridgehead atoms. The molecule has 0 atom stereocenters. The highest BCUT2D eigenvalue weighted by Gasteiger charge is 2.01. The Kier molecular flexibility index (Phi) is 7.23. The van der Waals surface area contributed by atoms with Gasteiger partial charge in [0.1, 0.15) is 11.3 Å². The van der Waals surface area contributed by atoms with Gasteiger partial charge >= 0.3 is 0 Å². The summed E-state index contributed by atoms with van der Waals surface area (Å²) in [5.41, 5.74) is 3.12. The molecule has 0 aliphatic rings. The van der Waals surface area contributed by atoms with Crippen molar-refractivity contribution in [3.8, 4) is 22.8 Å². The highest BCUT2D eigenvalue weighted by atomic mass is 27.0. The normalized spacial score (nSPS) is 9.58. The van der Waals surface area contributed by atoms with E-state index in [4.69, 9.17) is 4.74 Å². The van der Waals surface area contributed by atoms with E-state index in [-0.39, 0.29) is 23.1 Å². The van der Waals surface area contributed by atoms with E-state index in [0.717, 1.165) is 5.39 Å². The fraction of sp³-hybridized carbons (Fsp3) is 0.0455.